The minimum atomic E-state index is -1.97. The van der Waals surface area contributed by atoms with E-state index in [-0.39, 0.29) is 31.0 Å². The standard InChI is InChI=1S/C49H44N4O7/c1-3-28-50-45(56)40-42-46(57)60-43(35-20-11-6-12-21-35)41(34-18-9-5-10-19-34)53(42)44(36-23-25-37(55)26-24-36)49(40)38-30-32(15-13-14-29-54)22-27-39(38)52(47(49)58)48(59)51-31(2)33-16-7-4-8-17-33/h3-12,16-27,30-31,40-44,54-55H,1,14,28-29H2,2H3,(H,50,56)(H,51,59). The van der Waals surface area contributed by atoms with E-state index in [0.717, 1.165) is 16.0 Å². The van der Waals surface area contributed by atoms with E-state index in [1.807, 2.05) is 103 Å². The van der Waals surface area contributed by atoms with Gasteiger partial charge in [0.05, 0.1) is 36.3 Å². The maximum atomic E-state index is 16.2. The van der Waals surface area contributed by atoms with Crippen LogP contribution in [0.4, 0.5) is 10.5 Å². The van der Waals surface area contributed by atoms with Crippen molar-refractivity contribution in [3.63, 3.8) is 0 Å². The molecule has 1 spiro atoms. The minimum absolute atomic E-state index is 0.0261. The number of cyclic esters (lactones) is 1. The zero-order valence-corrected chi connectivity index (χ0v) is 32.9. The highest BCUT2D eigenvalue weighted by molar-refractivity contribution is 6.24. The van der Waals surface area contributed by atoms with E-state index in [1.165, 1.54) is 18.2 Å². The van der Waals surface area contributed by atoms with E-state index in [9.17, 15) is 15.0 Å². The van der Waals surface area contributed by atoms with Crippen LogP contribution in [-0.4, -0.2) is 58.1 Å². The number of benzene rings is 5. The maximum Gasteiger partial charge on any atom is 0.329 e. The van der Waals surface area contributed by atoms with Gasteiger partial charge in [0.15, 0.2) is 0 Å². The van der Waals surface area contributed by atoms with Crippen LogP contribution in [0.2, 0.25) is 0 Å². The molecule has 0 bridgehead atoms. The van der Waals surface area contributed by atoms with Crippen LogP contribution in [0.5, 0.6) is 5.75 Å². The second kappa shape index (κ2) is 16.7. The average Bonchev–Trinajstić information content (AvgIpc) is 3.73. The zero-order valence-electron chi connectivity index (χ0n) is 32.9. The number of aromatic hydroxyl groups is 1. The number of ether oxygens (including phenoxy) is 1. The van der Waals surface area contributed by atoms with Gasteiger partial charge in [0.25, 0.3) is 0 Å². The lowest BCUT2D eigenvalue weighted by atomic mass is 9.65. The monoisotopic (exact) mass is 800 g/mol. The highest BCUT2D eigenvalue weighted by atomic mass is 16.6. The molecular formula is C49H44N4O7. The molecule has 60 heavy (non-hydrogen) atoms. The number of aliphatic hydroxyl groups excluding tert-OH is 1. The first kappa shape index (κ1) is 39.8. The highest BCUT2D eigenvalue weighted by Crippen LogP contribution is 2.66. The van der Waals surface area contributed by atoms with Crippen LogP contribution in [0.25, 0.3) is 0 Å². The maximum absolute atomic E-state index is 16.2. The minimum Gasteiger partial charge on any atom is -0.508 e. The summed E-state index contributed by atoms with van der Waals surface area (Å²) in [5.41, 5.74) is 1.81. The van der Waals surface area contributed by atoms with Crippen molar-refractivity contribution in [1.82, 2.24) is 15.5 Å². The highest BCUT2D eigenvalue weighted by Gasteiger charge is 2.75. The van der Waals surface area contributed by atoms with Gasteiger partial charge in [-0.15, -0.1) is 6.58 Å². The molecule has 0 radical (unpaired) electrons. The first-order valence-electron chi connectivity index (χ1n) is 19.9. The molecule has 4 N–H and O–H groups in total. The summed E-state index contributed by atoms with van der Waals surface area (Å²) < 4.78 is 6.46. The first-order chi connectivity index (χ1) is 29.2. The van der Waals surface area contributed by atoms with Crippen LogP contribution in [0.15, 0.2) is 146 Å². The number of phenols is 1. The van der Waals surface area contributed by atoms with Crippen LogP contribution >= 0.6 is 0 Å². The Morgan fingerprint density at radius 2 is 1.52 bits per heavy atom. The quantitative estimate of drug-likeness (QED) is 0.0745. The fourth-order valence-electron chi connectivity index (χ4n) is 9.22. The fourth-order valence-corrected chi connectivity index (χ4v) is 9.22. The number of anilines is 1. The Morgan fingerprint density at radius 3 is 2.17 bits per heavy atom. The summed E-state index contributed by atoms with van der Waals surface area (Å²) in [5, 5.41) is 26.1. The molecule has 2 fully saturated rings. The number of fused-ring (bicyclic) bond motifs is 3. The lowest BCUT2D eigenvalue weighted by Gasteiger charge is -2.46. The average molecular weight is 801 g/mol. The van der Waals surface area contributed by atoms with E-state index in [1.54, 1.807) is 30.3 Å². The largest absolute Gasteiger partial charge is 0.508 e. The number of hydrogen-bond donors (Lipinski definition) is 4. The fraction of sp³-hybridized carbons (Fsp3) is 0.224. The van der Waals surface area contributed by atoms with Crippen LogP contribution in [0.1, 0.15) is 71.0 Å². The van der Waals surface area contributed by atoms with Crippen molar-refractivity contribution in [2.45, 2.75) is 49.0 Å². The summed E-state index contributed by atoms with van der Waals surface area (Å²) in [6.45, 7) is 5.47. The van der Waals surface area contributed by atoms with E-state index in [2.05, 4.69) is 29.1 Å². The van der Waals surface area contributed by atoms with Crippen molar-refractivity contribution in [2.24, 2.45) is 5.92 Å². The first-order valence-corrected chi connectivity index (χ1v) is 19.9. The molecule has 5 aromatic carbocycles. The van der Waals surface area contributed by atoms with Gasteiger partial charge in [0.1, 0.15) is 23.3 Å². The Bertz CT molecular complexity index is 2490. The molecule has 3 aliphatic heterocycles. The molecule has 2 saturated heterocycles. The summed E-state index contributed by atoms with van der Waals surface area (Å²) in [6, 6.07) is 35.1. The lowest BCUT2D eigenvalue weighted by molar-refractivity contribution is -0.178. The Kier molecular flexibility index (Phi) is 11.1. The molecule has 0 aliphatic carbocycles. The number of imide groups is 1. The molecule has 0 aromatic heterocycles. The van der Waals surface area contributed by atoms with E-state index in [0.29, 0.717) is 22.3 Å². The van der Waals surface area contributed by atoms with Crippen molar-refractivity contribution >= 4 is 29.5 Å². The van der Waals surface area contributed by atoms with E-state index < -0.39 is 65.4 Å². The zero-order chi connectivity index (χ0) is 42.0. The molecule has 11 heteroatoms. The predicted octanol–water partition coefficient (Wildman–Crippen LogP) is 6.56. The summed E-state index contributed by atoms with van der Waals surface area (Å²) in [5.74, 6) is 2.47. The van der Waals surface area contributed by atoms with Crippen LogP contribution < -0.4 is 15.5 Å². The van der Waals surface area contributed by atoms with Gasteiger partial charge >= 0.3 is 12.0 Å². The van der Waals surface area contributed by atoms with Crippen molar-refractivity contribution in [3.8, 4) is 17.6 Å². The molecule has 4 amide bonds. The van der Waals surface area contributed by atoms with Gasteiger partial charge in [0.2, 0.25) is 11.8 Å². The number of nitrogens with zero attached hydrogens (tertiary/aromatic N) is 2. The molecule has 302 valence electrons. The summed E-state index contributed by atoms with van der Waals surface area (Å²) in [6.07, 6.45) is 0.814. The molecule has 0 saturated carbocycles. The number of phenolic OH excluding ortho intramolecular Hbond substituents is 1. The number of nitrogens with one attached hydrogen (secondary N) is 2. The number of aliphatic hydroxyl groups is 1. The van der Waals surface area contributed by atoms with Crippen LogP contribution in [-0.2, 0) is 24.5 Å². The van der Waals surface area contributed by atoms with Crippen LogP contribution in [0.3, 0.4) is 0 Å². The normalized spacial score (nSPS) is 23.4. The number of rotatable bonds is 9. The Labute approximate surface area is 348 Å². The summed E-state index contributed by atoms with van der Waals surface area (Å²) >= 11 is 0. The molecule has 8 rings (SSSR count). The summed E-state index contributed by atoms with van der Waals surface area (Å²) in [7, 11) is 0. The Hall–Kier alpha value is -7.00. The van der Waals surface area contributed by atoms with E-state index in [4.69, 9.17) is 4.74 Å². The van der Waals surface area contributed by atoms with Gasteiger partial charge in [-0.25, -0.2) is 9.69 Å². The Balaban J connectivity index is 1.43. The predicted molar refractivity (Wildman–Crippen MR) is 225 cm³/mol. The molecule has 7 unspecified atom stereocenters. The molecule has 5 aromatic rings. The molecule has 7 atom stereocenters. The van der Waals surface area contributed by atoms with Crippen molar-refractivity contribution in [3.05, 3.63) is 179 Å². The third kappa shape index (κ3) is 6.79. The third-order valence-electron chi connectivity index (χ3n) is 11.7. The third-order valence-corrected chi connectivity index (χ3v) is 11.7. The SMILES string of the molecule is C=CCNC(=O)C1C2C(=O)OC(c3ccccc3)C(c3ccccc3)N2C(c2ccc(O)cc2)C12C(=O)N(C(=O)NC(C)c1ccccc1)c1ccc(C#CCCO)cc12. The lowest BCUT2D eigenvalue weighted by Crippen LogP contribution is -2.56. The van der Waals surface area contributed by atoms with Gasteiger partial charge in [-0.2, -0.15) is 0 Å². The van der Waals surface area contributed by atoms with Crippen molar-refractivity contribution in [2.75, 3.05) is 18.1 Å². The van der Waals surface area contributed by atoms with Crippen molar-refractivity contribution < 1.29 is 34.1 Å². The summed E-state index contributed by atoms with van der Waals surface area (Å²) in [4.78, 5) is 64.1. The number of hydrogen-bond acceptors (Lipinski definition) is 8. The number of carbonyl (C=O) groups excluding carboxylic acids is 4. The van der Waals surface area contributed by atoms with Gasteiger partial charge in [-0.05, 0) is 65.1 Å². The van der Waals surface area contributed by atoms with Crippen molar-refractivity contribution in [1.29, 1.82) is 0 Å². The number of amides is 4. The van der Waals surface area contributed by atoms with Gasteiger partial charge in [-0.1, -0.05) is 121 Å². The van der Waals surface area contributed by atoms with Gasteiger partial charge < -0.3 is 25.6 Å². The molecule has 3 heterocycles. The number of carbonyl (C=O) groups is 4. The molecule has 11 nitrogen and oxygen atoms in total. The number of morpholine rings is 1. The second-order valence-electron chi connectivity index (χ2n) is 15.1. The van der Waals surface area contributed by atoms with Gasteiger partial charge in [-0.3, -0.25) is 19.3 Å². The second-order valence-corrected chi connectivity index (χ2v) is 15.1. The number of urea groups is 1. The molecular weight excluding hydrogens is 757 g/mol. The topological polar surface area (TPSA) is 149 Å². The van der Waals surface area contributed by atoms with Crippen LogP contribution in [0, 0.1) is 17.8 Å². The smallest absolute Gasteiger partial charge is 0.329 e. The van der Waals surface area contributed by atoms with Gasteiger partial charge in [0, 0.05) is 18.5 Å². The van der Waals surface area contributed by atoms with E-state index >= 15 is 14.4 Å². The number of esters is 1. The Morgan fingerprint density at radius 1 is 0.867 bits per heavy atom. The molecule has 3 aliphatic rings.